The van der Waals surface area contributed by atoms with Crippen LogP contribution in [0.2, 0.25) is 0 Å². The molecule has 0 spiro atoms. The third-order valence-electron chi connectivity index (χ3n) is 13.9. The highest BCUT2D eigenvalue weighted by atomic mass is 16.5. The molecule has 400 valence electrons. The molecule has 8 rings (SSSR count). The Morgan fingerprint density at radius 3 is 1.55 bits per heavy atom. The predicted octanol–water partition coefficient (Wildman–Crippen LogP) is 9.55. The second kappa shape index (κ2) is 22.5. The largest absolute Gasteiger partial charge is 0.497 e. The van der Waals surface area contributed by atoms with E-state index in [0.29, 0.717) is 83.7 Å². The van der Waals surface area contributed by atoms with Gasteiger partial charge in [-0.2, -0.15) is 0 Å². The van der Waals surface area contributed by atoms with E-state index in [0.717, 1.165) is 28.0 Å². The first-order valence-corrected chi connectivity index (χ1v) is 25.7. The number of hydrogen-bond acceptors (Lipinski definition) is 12. The van der Waals surface area contributed by atoms with Gasteiger partial charge in [-0.1, -0.05) is 72.7 Å². The lowest BCUT2D eigenvalue weighted by atomic mass is 9.76. The molecule has 4 heterocycles. The number of carbonyl (C=O) groups is 5. The summed E-state index contributed by atoms with van der Waals surface area (Å²) in [6, 6.07) is 19.8. The third kappa shape index (κ3) is 12.1. The zero-order valence-electron chi connectivity index (χ0n) is 45.2. The molecule has 0 fully saturated rings. The number of rotatable bonds is 20. The number of nitrogens with zero attached hydrogens (tertiary/aromatic N) is 4. The normalized spacial score (nSPS) is 17.5. The summed E-state index contributed by atoms with van der Waals surface area (Å²) in [6.45, 7) is 16.1. The molecule has 0 saturated heterocycles. The van der Waals surface area contributed by atoms with Crippen LogP contribution in [0.15, 0.2) is 95.2 Å². The summed E-state index contributed by atoms with van der Waals surface area (Å²) in [5.74, 6) is 0.935. The van der Waals surface area contributed by atoms with Crippen LogP contribution in [-0.4, -0.2) is 110 Å². The Balaban J connectivity index is 0.865. The maximum absolute atomic E-state index is 14.2. The summed E-state index contributed by atoms with van der Waals surface area (Å²) in [5, 5.41) is 8.27. The standard InChI is InChI=1S/C59H69N7O10/c1-12-52(67)64-53(34(2)3)55(69)62-35(4)54(68)63-40-17-13-36(14-18-40)38-21-41-27-60-46-25-50(48(73-10)23-44(46)56(70)65(41)29-38)75-32-58(5,6)31-59(7,8)33-76-51-26-47-45(24-49(51)74-11)57(71)66-30-39(22-42(66)28-61-47)37-15-19-43(72-9)20-16-37/h13-20,23-30,34-35,41-42,53H,12,21-22,31-33H2,1-11H3,(H,62,69)(H,63,68)(H,64,67). The molecular formula is C59H69N7O10. The molecule has 0 aromatic heterocycles. The molecule has 4 atom stereocenters. The highest BCUT2D eigenvalue weighted by Crippen LogP contribution is 2.44. The van der Waals surface area contributed by atoms with E-state index >= 15 is 0 Å². The first-order chi connectivity index (χ1) is 36.2. The quantitative estimate of drug-likeness (QED) is 0.0766. The van der Waals surface area contributed by atoms with Crippen molar-refractivity contribution in [3.63, 3.8) is 0 Å². The molecule has 4 aromatic carbocycles. The SMILES string of the molecule is CCC(=O)NC(C(=O)NC(C)C(=O)Nc1ccc(C2=CN3C(=O)c4cc(OC)c(OCC(C)(C)CC(C)(C)COc5cc6c(cc5OC)C(=O)N5C=C(c7ccc(OC)cc7)CC5C=N6)cc4N=CC3C2)cc1)C(C)C. The van der Waals surface area contributed by atoms with Gasteiger partial charge < -0.3 is 49.4 Å². The van der Waals surface area contributed by atoms with Crippen LogP contribution in [-0.2, 0) is 14.4 Å². The summed E-state index contributed by atoms with van der Waals surface area (Å²) in [4.78, 5) is 79.1. The average molecular weight is 1040 g/mol. The number of amides is 5. The van der Waals surface area contributed by atoms with E-state index in [1.165, 1.54) is 0 Å². The molecule has 5 amide bonds. The zero-order chi connectivity index (χ0) is 54.6. The second-order valence-electron chi connectivity index (χ2n) is 21.6. The van der Waals surface area contributed by atoms with Gasteiger partial charge in [0.1, 0.15) is 17.8 Å². The van der Waals surface area contributed by atoms with E-state index in [4.69, 9.17) is 33.7 Å². The van der Waals surface area contributed by atoms with E-state index in [1.54, 1.807) is 87.6 Å². The fourth-order valence-electron chi connectivity index (χ4n) is 10.1. The molecule has 4 aliphatic heterocycles. The van der Waals surface area contributed by atoms with E-state index in [9.17, 15) is 24.0 Å². The first kappa shape index (κ1) is 54.3. The third-order valence-corrected chi connectivity index (χ3v) is 13.9. The number of benzene rings is 4. The number of fused-ring (bicyclic) bond motifs is 4. The number of methoxy groups -OCH3 is 3. The van der Waals surface area contributed by atoms with Crippen molar-refractivity contribution < 1.29 is 47.7 Å². The average Bonchev–Trinajstić information content (AvgIpc) is 3.99. The Bertz CT molecular complexity index is 3010. The number of hydrogen-bond donors (Lipinski definition) is 3. The highest BCUT2D eigenvalue weighted by Gasteiger charge is 2.37. The van der Waals surface area contributed by atoms with Gasteiger partial charge in [-0.15, -0.1) is 0 Å². The number of nitrogens with one attached hydrogen (secondary N) is 3. The molecule has 0 aliphatic carbocycles. The van der Waals surface area contributed by atoms with Gasteiger partial charge in [0.2, 0.25) is 17.7 Å². The summed E-state index contributed by atoms with van der Waals surface area (Å²) in [6.07, 6.45) is 9.45. The Hall–Kier alpha value is -7.95. The zero-order valence-corrected chi connectivity index (χ0v) is 45.2. The van der Waals surface area contributed by atoms with E-state index < -0.39 is 23.9 Å². The smallest absolute Gasteiger partial charge is 0.260 e. The van der Waals surface area contributed by atoms with Crippen LogP contribution in [0.5, 0.6) is 28.7 Å². The molecule has 0 bridgehead atoms. The second-order valence-corrected chi connectivity index (χ2v) is 21.6. The van der Waals surface area contributed by atoms with Crippen LogP contribution in [0, 0.1) is 16.7 Å². The minimum Gasteiger partial charge on any atom is -0.497 e. The van der Waals surface area contributed by atoms with Crippen molar-refractivity contribution in [1.82, 2.24) is 20.4 Å². The number of anilines is 1. The lowest BCUT2D eigenvalue weighted by Gasteiger charge is -2.35. The summed E-state index contributed by atoms with van der Waals surface area (Å²) < 4.78 is 29.8. The summed E-state index contributed by atoms with van der Waals surface area (Å²) in [5.41, 5.74) is 5.51. The number of carbonyl (C=O) groups excluding carboxylic acids is 5. The van der Waals surface area contributed by atoms with E-state index in [1.807, 2.05) is 68.9 Å². The van der Waals surface area contributed by atoms with Gasteiger partial charge in [0.25, 0.3) is 11.8 Å². The maximum atomic E-state index is 14.2. The van der Waals surface area contributed by atoms with Crippen LogP contribution in [0.3, 0.4) is 0 Å². The van der Waals surface area contributed by atoms with Crippen molar-refractivity contribution >= 4 is 70.2 Å². The predicted molar refractivity (Wildman–Crippen MR) is 293 cm³/mol. The van der Waals surface area contributed by atoms with Gasteiger partial charge in [0.15, 0.2) is 23.0 Å². The molecule has 4 aliphatic rings. The van der Waals surface area contributed by atoms with Gasteiger partial charge >= 0.3 is 0 Å². The summed E-state index contributed by atoms with van der Waals surface area (Å²) >= 11 is 0. The fraction of sp³-hybridized carbons (Fsp3) is 0.407. The van der Waals surface area contributed by atoms with Crippen LogP contribution in [0.25, 0.3) is 11.1 Å². The van der Waals surface area contributed by atoms with Crippen molar-refractivity contribution in [2.45, 2.75) is 105 Å². The lowest BCUT2D eigenvalue weighted by molar-refractivity contribution is -0.131. The van der Waals surface area contributed by atoms with E-state index in [2.05, 4.69) is 43.6 Å². The minimum atomic E-state index is -0.856. The van der Waals surface area contributed by atoms with Crippen LogP contribution in [0.4, 0.5) is 17.1 Å². The Kier molecular flexibility index (Phi) is 16.1. The van der Waals surface area contributed by atoms with Crippen molar-refractivity contribution in [3.8, 4) is 28.7 Å². The number of aliphatic imine (C=N–C) groups is 2. The van der Waals surface area contributed by atoms with Crippen molar-refractivity contribution in [3.05, 3.63) is 107 Å². The summed E-state index contributed by atoms with van der Waals surface area (Å²) in [7, 11) is 4.73. The molecule has 0 radical (unpaired) electrons. The fourth-order valence-corrected chi connectivity index (χ4v) is 10.1. The highest BCUT2D eigenvalue weighted by molar-refractivity contribution is 6.07. The molecule has 17 heteroatoms. The molecule has 17 nitrogen and oxygen atoms in total. The van der Waals surface area contributed by atoms with Crippen LogP contribution in [0.1, 0.15) is 113 Å². The monoisotopic (exact) mass is 1040 g/mol. The molecule has 3 N–H and O–H groups in total. The van der Waals surface area contributed by atoms with Gasteiger partial charge in [-0.05, 0) is 88.8 Å². The lowest BCUT2D eigenvalue weighted by Crippen LogP contribution is -2.53. The van der Waals surface area contributed by atoms with Crippen molar-refractivity contribution in [2.75, 3.05) is 39.9 Å². The Morgan fingerprint density at radius 1 is 0.645 bits per heavy atom. The Labute approximate surface area is 444 Å². The first-order valence-electron chi connectivity index (χ1n) is 25.7. The van der Waals surface area contributed by atoms with Crippen LogP contribution < -0.4 is 39.6 Å². The number of ether oxygens (including phenoxy) is 5. The van der Waals surface area contributed by atoms with Gasteiger partial charge in [-0.25, -0.2) is 0 Å². The molecule has 0 saturated carbocycles. The minimum absolute atomic E-state index is 0.162. The molecule has 4 aromatic rings. The van der Waals surface area contributed by atoms with Crippen molar-refractivity contribution in [2.24, 2.45) is 26.7 Å². The molecule has 76 heavy (non-hydrogen) atoms. The molecule has 4 unspecified atom stereocenters. The maximum Gasteiger partial charge on any atom is 0.260 e. The van der Waals surface area contributed by atoms with Gasteiger partial charge in [0, 0.05) is 61.9 Å². The van der Waals surface area contributed by atoms with Gasteiger partial charge in [0.05, 0.1) is 69.1 Å². The van der Waals surface area contributed by atoms with E-state index in [-0.39, 0.29) is 53.0 Å². The molecular weight excluding hydrogens is 967 g/mol. The topological polar surface area (TPSA) is 199 Å². The van der Waals surface area contributed by atoms with Crippen LogP contribution >= 0.6 is 0 Å². The van der Waals surface area contributed by atoms with Gasteiger partial charge in [-0.3, -0.25) is 34.0 Å². The van der Waals surface area contributed by atoms with Crippen molar-refractivity contribution in [1.29, 1.82) is 0 Å². The Morgan fingerprint density at radius 2 is 1.12 bits per heavy atom.